The van der Waals surface area contributed by atoms with Crippen molar-refractivity contribution in [1.29, 1.82) is 0 Å². The molecule has 0 radical (unpaired) electrons. The Kier molecular flexibility index (Phi) is 4.05. The second-order valence-corrected chi connectivity index (χ2v) is 5.31. The maximum absolute atomic E-state index is 5.97. The highest BCUT2D eigenvalue weighted by Crippen LogP contribution is 2.28. The maximum Gasteiger partial charge on any atom is 0.156 e. The SMILES string of the molecule is Cc1c(Cl)nnc(Nc2ccccc2C(C)C)c1C. The predicted octanol–water partition coefficient (Wildman–Crippen LogP) is 4.61. The molecule has 4 heteroatoms. The largest absolute Gasteiger partial charge is 0.338 e. The summed E-state index contributed by atoms with van der Waals surface area (Å²) in [4.78, 5) is 0. The summed E-state index contributed by atoms with van der Waals surface area (Å²) < 4.78 is 0. The van der Waals surface area contributed by atoms with Crippen molar-refractivity contribution in [3.8, 4) is 0 Å². The van der Waals surface area contributed by atoms with E-state index in [0.717, 1.165) is 22.6 Å². The summed E-state index contributed by atoms with van der Waals surface area (Å²) in [5, 5.41) is 11.9. The van der Waals surface area contributed by atoms with Gasteiger partial charge in [0.2, 0.25) is 0 Å². The Labute approximate surface area is 119 Å². The van der Waals surface area contributed by atoms with Gasteiger partial charge in [-0.3, -0.25) is 0 Å². The van der Waals surface area contributed by atoms with Crippen molar-refractivity contribution in [3.05, 3.63) is 46.1 Å². The van der Waals surface area contributed by atoms with Crippen LogP contribution in [0.3, 0.4) is 0 Å². The monoisotopic (exact) mass is 275 g/mol. The lowest BCUT2D eigenvalue weighted by Crippen LogP contribution is -2.04. The van der Waals surface area contributed by atoms with Crippen LogP contribution in [0.1, 0.15) is 36.5 Å². The number of para-hydroxylation sites is 1. The van der Waals surface area contributed by atoms with Crippen molar-refractivity contribution in [3.63, 3.8) is 0 Å². The number of aromatic nitrogens is 2. The molecule has 0 amide bonds. The third-order valence-electron chi connectivity index (χ3n) is 3.30. The molecule has 2 rings (SSSR count). The minimum absolute atomic E-state index is 0.449. The van der Waals surface area contributed by atoms with E-state index < -0.39 is 0 Å². The van der Waals surface area contributed by atoms with Crippen LogP contribution in [0.15, 0.2) is 24.3 Å². The highest BCUT2D eigenvalue weighted by atomic mass is 35.5. The molecule has 0 aliphatic carbocycles. The third-order valence-corrected chi connectivity index (χ3v) is 3.66. The number of nitrogens with one attached hydrogen (secondary N) is 1. The number of nitrogens with zero attached hydrogens (tertiary/aromatic N) is 2. The van der Waals surface area contributed by atoms with E-state index in [9.17, 15) is 0 Å². The lowest BCUT2D eigenvalue weighted by molar-refractivity contribution is 0.868. The number of halogens is 1. The van der Waals surface area contributed by atoms with Gasteiger partial charge in [0.05, 0.1) is 0 Å². The van der Waals surface area contributed by atoms with E-state index in [4.69, 9.17) is 11.6 Å². The van der Waals surface area contributed by atoms with Gasteiger partial charge in [-0.2, -0.15) is 0 Å². The van der Waals surface area contributed by atoms with Crippen LogP contribution in [0.5, 0.6) is 0 Å². The topological polar surface area (TPSA) is 37.8 Å². The van der Waals surface area contributed by atoms with Crippen LogP contribution < -0.4 is 5.32 Å². The van der Waals surface area contributed by atoms with E-state index >= 15 is 0 Å². The average Bonchev–Trinajstić information content (AvgIpc) is 2.40. The molecule has 0 fully saturated rings. The molecule has 0 bridgehead atoms. The quantitative estimate of drug-likeness (QED) is 0.889. The Balaban J connectivity index is 2.40. The molecule has 0 saturated heterocycles. The molecule has 3 nitrogen and oxygen atoms in total. The Morgan fingerprint density at radius 3 is 2.42 bits per heavy atom. The number of benzene rings is 1. The number of hydrogen-bond donors (Lipinski definition) is 1. The molecule has 0 spiro atoms. The minimum Gasteiger partial charge on any atom is -0.338 e. The Hall–Kier alpha value is -1.61. The Bertz CT molecular complexity index is 594. The first-order chi connectivity index (χ1) is 9.00. The van der Waals surface area contributed by atoms with Gasteiger partial charge in [-0.05, 0) is 42.5 Å². The van der Waals surface area contributed by atoms with Crippen LogP contribution in [-0.2, 0) is 0 Å². The van der Waals surface area contributed by atoms with Gasteiger partial charge >= 0.3 is 0 Å². The van der Waals surface area contributed by atoms with Gasteiger partial charge in [0.15, 0.2) is 11.0 Å². The van der Waals surface area contributed by atoms with Crippen LogP contribution >= 0.6 is 11.6 Å². The molecular formula is C15H18ClN3. The standard InChI is InChI=1S/C15H18ClN3/c1-9(2)12-7-5-6-8-13(12)17-15-11(4)10(3)14(16)18-19-15/h5-9H,1-4H3,(H,17,19). The van der Waals surface area contributed by atoms with Crippen molar-refractivity contribution in [2.75, 3.05) is 5.32 Å². The summed E-state index contributed by atoms with van der Waals surface area (Å²) in [5.41, 5.74) is 4.31. The predicted molar refractivity (Wildman–Crippen MR) is 80.3 cm³/mol. The molecule has 1 heterocycles. The number of hydrogen-bond acceptors (Lipinski definition) is 3. The summed E-state index contributed by atoms with van der Waals surface area (Å²) >= 11 is 5.97. The first-order valence-corrected chi connectivity index (χ1v) is 6.73. The summed E-state index contributed by atoms with van der Waals surface area (Å²) in [7, 11) is 0. The lowest BCUT2D eigenvalue weighted by Gasteiger charge is -2.15. The molecule has 100 valence electrons. The molecule has 1 aromatic heterocycles. The highest BCUT2D eigenvalue weighted by molar-refractivity contribution is 6.30. The maximum atomic E-state index is 5.97. The number of rotatable bonds is 3. The molecule has 0 unspecified atom stereocenters. The molecule has 2 aromatic rings. The third kappa shape index (κ3) is 2.87. The van der Waals surface area contributed by atoms with Gasteiger partial charge in [-0.1, -0.05) is 43.6 Å². The lowest BCUT2D eigenvalue weighted by atomic mass is 10.0. The van der Waals surface area contributed by atoms with Crippen LogP contribution in [0.2, 0.25) is 5.15 Å². The Morgan fingerprint density at radius 1 is 1.05 bits per heavy atom. The zero-order valence-electron chi connectivity index (χ0n) is 11.7. The van der Waals surface area contributed by atoms with Crippen LogP contribution in [0.4, 0.5) is 11.5 Å². The second-order valence-electron chi connectivity index (χ2n) is 4.96. The van der Waals surface area contributed by atoms with Gasteiger partial charge < -0.3 is 5.32 Å². The van der Waals surface area contributed by atoms with Gasteiger partial charge in [0.25, 0.3) is 0 Å². The van der Waals surface area contributed by atoms with Gasteiger partial charge in [0, 0.05) is 5.69 Å². The number of anilines is 2. The fourth-order valence-electron chi connectivity index (χ4n) is 1.94. The summed E-state index contributed by atoms with van der Waals surface area (Å²) in [6.45, 7) is 8.29. The zero-order valence-corrected chi connectivity index (χ0v) is 12.4. The molecule has 0 aliphatic rings. The first-order valence-electron chi connectivity index (χ1n) is 6.36. The first kappa shape index (κ1) is 13.8. The van der Waals surface area contributed by atoms with Crippen LogP contribution in [0, 0.1) is 13.8 Å². The summed E-state index contributed by atoms with van der Waals surface area (Å²) in [6.07, 6.45) is 0. The van der Waals surface area contributed by atoms with Crippen LogP contribution in [0.25, 0.3) is 0 Å². The minimum atomic E-state index is 0.449. The fraction of sp³-hybridized carbons (Fsp3) is 0.333. The van der Waals surface area contributed by atoms with Gasteiger partial charge in [-0.15, -0.1) is 10.2 Å². The smallest absolute Gasteiger partial charge is 0.156 e. The van der Waals surface area contributed by atoms with Crippen molar-refractivity contribution in [2.24, 2.45) is 0 Å². The molecule has 0 aliphatic heterocycles. The van der Waals surface area contributed by atoms with Crippen molar-refractivity contribution >= 4 is 23.1 Å². The van der Waals surface area contributed by atoms with Crippen molar-refractivity contribution in [1.82, 2.24) is 10.2 Å². The fourth-order valence-corrected chi connectivity index (χ4v) is 2.12. The highest BCUT2D eigenvalue weighted by Gasteiger charge is 2.11. The molecule has 0 atom stereocenters. The molecule has 1 aromatic carbocycles. The van der Waals surface area contributed by atoms with E-state index in [-0.39, 0.29) is 0 Å². The van der Waals surface area contributed by atoms with E-state index in [1.165, 1.54) is 5.56 Å². The summed E-state index contributed by atoms with van der Waals surface area (Å²) in [6, 6.07) is 8.24. The van der Waals surface area contributed by atoms with E-state index in [1.807, 2.05) is 26.0 Å². The normalized spacial score (nSPS) is 10.8. The molecule has 0 saturated carbocycles. The van der Waals surface area contributed by atoms with E-state index in [2.05, 4.69) is 41.5 Å². The molecule has 1 N–H and O–H groups in total. The van der Waals surface area contributed by atoms with E-state index in [0.29, 0.717) is 11.1 Å². The zero-order chi connectivity index (χ0) is 14.0. The average molecular weight is 276 g/mol. The second kappa shape index (κ2) is 5.57. The van der Waals surface area contributed by atoms with Crippen molar-refractivity contribution in [2.45, 2.75) is 33.6 Å². The summed E-state index contributed by atoms with van der Waals surface area (Å²) in [5.74, 6) is 1.21. The van der Waals surface area contributed by atoms with Crippen molar-refractivity contribution < 1.29 is 0 Å². The Morgan fingerprint density at radius 2 is 1.74 bits per heavy atom. The molecule has 19 heavy (non-hydrogen) atoms. The molecular weight excluding hydrogens is 258 g/mol. The van der Waals surface area contributed by atoms with E-state index in [1.54, 1.807) is 0 Å². The van der Waals surface area contributed by atoms with Gasteiger partial charge in [-0.25, -0.2) is 0 Å². The van der Waals surface area contributed by atoms with Crippen LogP contribution in [-0.4, -0.2) is 10.2 Å². The van der Waals surface area contributed by atoms with Gasteiger partial charge in [0.1, 0.15) is 0 Å².